The van der Waals surface area contributed by atoms with Crippen LogP contribution in [-0.4, -0.2) is 16.3 Å². The summed E-state index contributed by atoms with van der Waals surface area (Å²) < 4.78 is 16.2. The number of benzene rings is 1. The van der Waals surface area contributed by atoms with Gasteiger partial charge in [0.15, 0.2) is 0 Å². The number of rotatable bonds is 7. The summed E-state index contributed by atoms with van der Waals surface area (Å²) in [7, 11) is 0. The Morgan fingerprint density at radius 1 is 1.33 bits per heavy atom. The van der Waals surface area contributed by atoms with Gasteiger partial charge in [0, 0.05) is 23.9 Å². The third-order valence-corrected chi connectivity index (χ3v) is 3.62. The Labute approximate surface area is 130 Å². The average molecular weight is 310 g/mol. The molecule has 0 saturated carbocycles. The van der Waals surface area contributed by atoms with Crippen molar-refractivity contribution in [1.82, 2.24) is 15.1 Å². The minimum Gasteiger partial charge on any atom is -0.306 e. The van der Waals surface area contributed by atoms with E-state index in [2.05, 4.69) is 24.3 Å². The topological polar surface area (TPSA) is 29.9 Å². The van der Waals surface area contributed by atoms with Gasteiger partial charge in [-0.15, -0.1) is 0 Å². The minimum absolute atomic E-state index is 0.150. The van der Waals surface area contributed by atoms with Crippen LogP contribution in [0.3, 0.4) is 0 Å². The summed E-state index contributed by atoms with van der Waals surface area (Å²) in [5.41, 5.74) is 1.52. The first-order valence-electron chi connectivity index (χ1n) is 7.37. The highest BCUT2D eigenvalue weighted by atomic mass is 35.5. The maximum atomic E-state index is 14.3. The molecule has 2 rings (SSSR count). The zero-order valence-corrected chi connectivity index (χ0v) is 13.2. The second kappa shape index (κ2) is 7.57. The molecule has 0 spiro atoms. The summed E-state index contributed by atoms with van der Waals surface area (Å²) in [6, 6.07) is 4.88. The lowest BCUT2D eigenvalue weighted by molar-refractivity contribution is 0.545. The maximum absolute atomic E-state index is 14.3. The summed E-state index contributed by atoms with van der Waals surface area (Å²) in [6.07, 6.45) is 5.75. The van der Waals surface area contributed by atoms with Crippen LogP contribution < -0.4 is 5.32 Å². The fraction of sp³-hybridized carbons (Fsp3) is 0.438. The Morgan fingerprint density at radius 3 is 2.86 bits per heavy atom. The van der Waals surface area contributed by atoms with Crippen LogP contribution in [0.5, 0.6) is 0 Å². The van der Waals surface area contributed by atoms with Crippen LogP contribution in [0.2, 0.25) is 5.02 Å². The Bertz CT molecular complexity index is 583. The molecule has 1 aromatic carbocycles. The molecule has 0 aliphatic carbocycles. The van der Waals surface area contributed by atoms with Gasteiger partial charge in [-0.2, -0.15) is 5.10 Å². The van der Waals surface area contributed by atoms with Crippen molar-refractivity contribution in [2.75, 3.05) is 6.54 Å². The molecule has 0 aliphatic heterocycles. The molecule has 2 aromatic rings. The van der Waals surface area contributed by atoms with Crippen molar-refractivity contribution in [1.29, 1.82) is 0 Å². The van der Waals surface area contributed by atoms with Gasteiger partial charge in [0.1, 0.15) is 5.82 Å². The molecule has 1 atom stereocenters. The first-order chi connectivity index (χ1) is 10.2. The van der Waals surface area contributed by atoms with Gasteiger partial charge >= 0.3 is 0 Å². The highest BCUT2D eigenvalue weighted by Gasteiger charge is 2.20. The normalized spacial score (nSPS) is 12.6. The summed E-state index contributed by atoms with van der Waals surface area (Å²) >= 11 is 5.91. The molecule has 0 saturated heterocycles. The van der Waals surface area contributed by atoms with Crippen LogP contribution >= 0.6 is 11.6 Å². The van der Waals surface area contributed by atoms with E-state index < -0.39 is 0 Å². The van der Waals surface area contributed by atoms with Gasteiger partial charge in [-0.25, -0.2) is 4.39 Å². The van der Waals surface area contributed by atoms with Crippen molar-refractivity contribution in [2.45, 2.75) is 39.3 Å². The molecule has 0 bridgehead atoms. The number of aryl methyl sites for hydroxylation is 1. The Morgan fingerprint density at radius 2 is 2.14 bits per heavy atom. The van der Waals surface area contributed by atoms with Gasteiger partial charge in [0.2, 0.25) is 0 Å². The molecule has 1 N–H and O–H groups in total. The third kappa shape index (κ3) is 3.83. The van der Waals surface area contributed by atoms with Crippen molar-refractivity contribution >= 4 is 11.6 Å². The molecule has 1 heterocycles. The number of aromatic nitrogens is 2. The first kappa shape index (κ1) is 16.0. The van der Waals surface area contributed by atoms with E-state index in [9.17, 15) is 4.39 Å². The van der Waals surface area contributed by atoms with Crippen LogP contribution in [-0.2, 0) is 6.54 Å². The predicted octanol–water partition coefficient (Wildman–Crippen LogP) is 4.17. The molecule has 0 fully saturated rings. The molecule has 5 heteroatoms. The van der Waals surface area contributed by atoms with Crippen molar-refractivity contribution in [3.8, 4) is 0 Å². The third-order valence-electron chi connectivity index (χ3n) is 3.33. The minimum atomic E-state index is -0.365. The quantitative estimate of drug-likeness (QED) is 0.831. The highest BCUT2D eigenvalue weighted by molar-refractivity contribution is 6.30. The van der Waals surface area contributed by atoms with Crippen molar-refractivity contribution < 1.29 is 4.39 Å². The fourth-order valence-corrected chi connectivity index (χ4v) is 2.50. The number of nitrogens with one attached hydrogen (secondary N) is 1. The van der Waals surface area contributed by atoms with E-state index in [0.717, 1.165) is 31.5 Å². The number of halogens is 2. The first-order valence-corrected chi connectivity index (χ1v) is 7.74. The lowest BCUT2D eigenvalue weighted by Crippen LogP contribution is -2.24. The van der Waals surface area contributed by atoms with E-state index in [1.165, 1.54) is 0 Å². The standard InChI is InChI=1S/C16H21ClFN3/c1-3-8-19-16(12-10-20-21(11-12)9-4-2)13-6-5-7-14(17)15(13)18/h5-7,10-11,16,19H,3-4,8-9H2,1-2H3. The largest absolute Gasteiger partial charge is 0.306 e. The van der Waals surface area contributed by atoms with Gasteiger partial charge in [-0.05, 0) is 25.5 Å². The molecule has 1 aromatic heterocycles. The summed E-state index contributed by atoms with van der Waals surface area (Å²) in [5.74, 6) is -0.365. The smallest absolute Gasteiger partial charge is 0.146 e. The zero-order valence-electron chi connectivity index (χ0n) is 12.4. The molecule has 0 aliphatic rings. The molecular weight excluding hydrogens is 289 g/mol. The summed E-state index contributed by atoms with van der Waals surface area (Å²) in [5, 5.41) is 7.86. The lowest BCUT2D eigenvalue weighted by atomic mass is 10.0. The van der Waals surface area contributed by atoms with E-state index >= 15 is 0 Å². The number of hydrogen-bond donors (Lipinski definition) is 1. The van der Waals surface area contributed by atoms with E-state index in [1.807, 2.05) is 10.9 Å². The molecule has 21 heavy (non-hydrogen) atoms. The zero-order chi connectivity index (χ0) is 15.2. The Hall–Kier alpha value is -1.39. The summed E-state index contributed by atoms with van der Waals surface area (Å²) in [4.78, 5) is 0. The fourth-order valence-electron chi connectivity index (χ4n) is 2.32. The number of nitrogens with zero attached hydrogens (tertiary/aromatic N) is 2. The van der Waals surface area contributed by atoms with Crippen molar-refractivity contribution in [3.63, 3.8) is 0 Å². The van der Waals surface area contributed by atoms with Crippen molar-refractivity contribution in [2.24, 2.45) is 0 Å². The molecule has 1 unspecified atom stereocenters. The van der Waals surface area contributed by atoms with Crippen molar-refractivity contribution in [3.05, 3.63) is 52.6 Å². The highest BCUT2D eigenvalue weighted by Crippen LogP contribution is 2.28. The molecule has 0 radical (unpaired) electrons. The monoisotopic (exact) mass is 309 g/mol. The lowest BCUT2D eigenvalue weighted by Gasteiger charge is -2.18. The van der Waals surface area contributed by atoms with E-state index in [4.69, 9.17) is 11.6 Å². The van der Waals surface area contributed by atoms with Crippen LogP contribution in [0.25, 0.3) is 0 Å². The molecular formula is C16H21ClFN3. The second-order valence-electron chi connectivity index (χ2n) is 5.07. The number of hydrogen-bond acceptors (Lipinski definition) is 2. The van der Waals surface area contributed by atoms with Gasteiger partial charge in [-0.3, -0.25) is 4.68 Å². The average Bonchev–Trinajstić information content (AvgIpc) is 2.92. The molecule has 3 nitrogen and oxygen atoms in total. The van der Waals surface area contributed by atoms with Gasteiger partial charge in [0.25, 0.3) is 0 Å². The van der Waals surface area contributed by atoms with Gasteiger partial charge in [-0.1, -0.05) is 37.6 Å². The van der Waals surface area contributed by atoms with Crippen LogP contribution in [0.1, 0.15) is 43.9 Å². The molecule has 114 valence electrons. The predicted molar refractivity (Wildman–Crippen MR) is 84.1 cm³/mol. The van der Waals surface area contributed by atoms with Crippen LogP contribution in [0.15, 0.2) is 30.6 Å². The molecule has 0 amide bonds. The van der Waals surface area contributed by atoms with Gasteiger partial charge < -0.3 is 5.32 Å². The second-order valence-corrected chi connectivity index (χ2v) is 5.47. The SMILES string of the molecule is CCCNC(c1cnn(CCC)c1)c1cccc(Cl)c1F. The van der Waals surface area contributed by atoms with E-state index in [1.54, 1.807) is 24.4 Å². The maximum Gasteiger partial charge on any atom is 0.146 e. The van der Waals surface area contributed by atoms with Crippen LogP contribution in [0.4, 0.5) is 4.39 Å². The van der Waals surface area contributed by atoms with E-state index in [-0.39, 0.29) is 16.9 Å². The van der Waals surface area contributed by atoms with Crippen LogP contribution in [0, 0.1) is 5.82 Å². The van der Waals surface area contributed by atoms with Gasteiger partial charge in [0.05, 0.1) is 17.3 Å². The van der Waals surface area contributed by atoms with E-state index in [0.29, 0.717) is 5.56 Å². The Balaban J connectivity index is 2.34. The Kier molecular flexibility index (Phi) is 5.76. The summed E-state index contributed by atoms with van der Waals surface area (Å²) in [6.45, 7) is 5.85.